The molecule has 0 spiro atoms. The van der Waals surface area contributed by atoms with Gasteiger partial charge in [-0.2, -0.15) is 5.10 Å². The van der Waals surface area contributed by atoms with E-state index in [9.17, 15) is 14.7 Å². The van der Waals surface area contributed by atoms with E-state index in [-0.39, 0.29) is 12.6 Å². The van der Waals surface area contributed by atoms with Gasteiger partial charge in [-0.05, 0) is 26.2 Å². The van der Waals surface area contributed by atoms with Crippen molar-refractivity contribution < 1.29 is 14.7 Å². The van der Waals surface area contributed by atoms with Gasteiger partial charge in [-0.15, -0.1) is 0 Å². The van der Waals surface area contributed by atoms with Gasteiger partial charge in [0.15, 0.2) is 0 Å². The Morgan fingerprint density at radius 3 is 2.67 bits per heavy atom. The van der Waals surface area contributed by atoms with Crippen molar-refractivity contribution in [2.75, 3.05) is 18.4 Å². The van der Waals surface area contributed by atoms with Gasteiger partial charge in [-0.1, -0.05) is 19.3 Å². The SMILES string of the molecule is Cn1cc(NC(=O)N2CCC(C)(C(=O)O)C2)c(C2CCCCC2)n1. The van der Waals surface area contributed by atoms with Crippen molar-refractivity contribution in [2.45, 2.75) is 51.4 Å². The van der Waals surface area contributed by atoms with Gasteiger partial charge in [0.2, 0.25) is 0 Å². The molecule has 2 N–H and O–H groups in total. The summed E-state index contributed by atoms with van der Waals surface area (Å²) in [7, 11) is 1.86. The fourth-order valence-corrected chi connectivity index (χ4v) is 3.78. The average molecular weight is 334 g/mol. The van der Waals surface area contributed by atoms with Crippen LogP contribution in [0, 0.1) is 5.41 Å². The Kier molecular flexibility index (Phi) is 4.51. The Bertz CT molecular complexity index is 636. The van der Waals surface area contributed by atoms with Crippen LogP contribution in [0.2, 0.25) is 0 Å². The lowest BCUT2D eigenvalue weighted by atomic mass is 9.86. The molecule has 132 valence electrons. The lowest BCUT2D eigenvalue weighted by Gasteiger charge is -2.23. The lowest BCUT2D eigenvalue weighted by Crippen LogP contribution is -2.37. The van der Waals surface area contributed by atoms with E-state index in [0.29, 0.717) is 18.9 Å². The van der Waals surface area contributed by atoms with Crippen molar-refractivity contribution in [1.82, 2.24) is 14.7 Å². The number of carbonyl (C=O) groups is 2. The minimum absolute atomic E-state index is 0.231. The highest BCUT2D eigenvalue weighted by atomic mass is 16.4. The van der Waals surface area contributed by atoms with Gasteiger partial charge in [0.25, 0.3) is 0 Å². The summed E-state index contributed by atoms with van der Waals surface area (Å²) in [5.74, 6) is -0.444. The summed E-state index contributed by atoms with van der Waals surface area (Å²) in [6, 6.07) is -0.231. The van der Waals surface area contributed by atoms with Crippen LogP contribution in [-0.4, -0.2) is 44.9 Å². The number of carboxylic acids is 1. The predicted octanol–water partition coefficient (Wildman–Crippen LogP) is 2.80. The number of carbonyl (C=O) groups excluding carboxylic acids is 1. The molecule has 0 aromatic carbocycles. The molecule has 24 heavy (non-hydrogen) atoms. The molecule has 2 fully saturated rings. The molecular weight excluding hydrogens is 308 g/mol. The Balaban J connectivity index is 1.70. The number of carboxylic acid groups (broad SMARTS) is 1. The normalized spacial score (nSPS) is 25.0. The fraction of sp³-hybridized carbons (Fsp3) is 0.706. The molecule has 1 aromatic rings. The first-order valence-electron chi connectivity index (χ1n) is 8.72. The fourth-order valence-electron chi connectivity index (χ4n) is 3.78. The van der Waals surface area contributed by atoms with Crippen LogP contribution in [0.5, 0.6) is 0 Å². The second-order valence-corrected chi connectivity index (χ2v) is 7.40. The molecule has 3 rings (SSSR count). The van der Waals surface area contributed by atoms with Crippen LogP contribution in [0.1, 0.15) is 57.1 Å². The Morgan fingerprint density at radius 2 is 2.04 bits per heavy atom. The number of amides is 2. The number of hydrogen-bond acceptors (Lipinski definition) is 3. The predicted molar refractivity (Wildman–Crippen MR) is 90.0 cm³/mol. The third-order valence-corrected chi connectivity index (χ3v) is 5.37. The quantitative estimate of drug-likeness (QED) is 0.890. The first-order valence-corrected chi connectivity index (χ1v) is 8.72. The molecule has 1 unspecified atom stereocenters. The zero-order valence-electron chi connectivity index (χ0n) is 14.4. The molecule has 2 heterocycles. The van der Waals surface area contributed by atoms with E-state index in [1.165, 1.54) is 19.3 Å². The number of aromatic nitrogens is 2. The van der Waals surface area contributed by atoms with Gasteiger partial charge in [0, 0.05) is 32.3 Å². The molecule has 2 amide bonds. The molecule has 0 bridgehead atoms. The third kappa shape index (κ3) is 3.25. The van der Waals surface area contributed by atoms with Gasteiger partial charge in [-0.25, -0.2) is 4.79 Å². The summed E-state index contributed by atoms with van der Waals surface area (Å²) in [5, 5.41) is 16.8. The first-order chi connectivity index (χ1) is 11.4. The van der Waals surface area contributed by atoms with Crippen molar-refractivity contribution in [3.05, 3.63) is 11.9 Å². The van der Waals surface area contributed by atoms with Crippen molar-refractivity contribution in [3.63, 3.8) is 0 Å². The Hall–Kier alpha value is -2.05. The van der Waals surface area contributed by atoms with E-state index in [4.69, 9.17) is 0 Å². The second-order valence-electron chi connectivity index (χ2n) is 7.40. The van der Waals surface area contributed by atoms with E-state index in [1.807, 2.05) is 13.2 Å². The summed E-state index contributed by atoms with van der Waals surface area (Å²) >= 11 is 0. The molecule has 1 aliphatic carbocycles. The summed E-state index contributed by atoms with van der Waals surface area (Å²) in [5.41, 5.74) is 0.877. The zero-order valence-corrected chi connectivity index (χ0v) is 14.4. The van der Waals surface area contributed by atoms with Crippen molar-refractivity contribution in [2.24, 2.45) is 12.5 Å². The number of urea groups is 1. The minimum Gasteiger partial charge on any atom is -0.481 e. The maximum Gasteiger partial charge on any atom is 0.321 e. The molecule has 1 aliphatic heterocycles. The number of hydrogen-bond donors (Lipinski definition) is 2. The molecule has 1 saturated heterocycles. The summed E-state index contributed by atoms with van der Waals surface area (Å²) < 4.78 is 1.74. The maximum absolute atomic E-state index is 12.6. The van der Waals surface area contributed by atoms with Crippen LogP contribution < -0.4 is 5.32 Å². The van der Waals surface area contributed by atoms with Crippen LogP contribution in [0.25, 0.3) is 0 Å². The largest absolute Gasteiger partial charge is 0.481 e. The number of likely N-dealkylation sites (tertiary alicyclic amines) is 1. The lowest BCUT2D eigenvalue weighted by molar-refractivity contribution is -0.146. The highest BCUT2D eigenvalue weighted by Crippen LogP contribution is 2.36. The van der Waals surface area contributed by atoms with Gasteiger partial charge < -0.3 is 15.3 Å². The molecule has 7 nitrogen and oxygen atoms in total. The highest BCUT2D eigenvalue weighted by molar-refractivity contribution is 5.91. The van der Waals surface area contributed by atoms with E-state index in [0.717, 1.165) is 24.2 Å². The van der Waals surface area contributed by atoms with Gasteiger partial charge in [0.05, 0.1) is 16.8 Å². The summed E-state index contributed by atoms with van der Waals surface area (Å²) in [4.78, 5) is 25.5. The Morgan fingerprint density at radius 1 is 1.33 bits per heavy atom. The summed E-state index contributed by atoms with van der Waals surface area (Å²) in [6.07, 6.45) is 8.23. The monoisotopic (exact) mass is 334 g/mol. The van der Waals surface area contributed by atoms with Gasteiger partial charge >= 0.3 is 12.0 Å². The van der Waals surface area contributed by atoms with Crippen LogP contribution in [-0.2, 0) is 11.8 Å². The van der Waals surface area contributed by atoms with Crippen LogP contribution in [0.3, 0.4) is 0 Å². The number of aryl methyl sites for hydroxylation is 1. The number of anilines is 1. The number of aliphatic carboxylic acids is 1. The molecule has 7 heteroatoms. The standard InChI is InChI=1S/C17H26N4O3/c1-17(15(22)23)8-9-21(11-17)16(24)18-13-10-20(2)19-14(13)12-6-4-3-5-7-12/h10,12H,3-9,11H2,1-2H3,(H,18,24)(H,22,23). The molecule has 1 aromatic heterocycles. The molecular formula is C17H26N4O3. The van der Waals surface area contributed by atoms with Gasteiger partial charge in [-0.3, -0.25) is 9.48 Å². The molecule has 0 radical (unpaired) electrons. The average Bonchev–Trinajstić information content (AvgIpc) is 3.12. The van der Waals surface area contributed by atoms with Crippen LogP contribution in [0.4, 0.5) is 10.5 Å². The highest BCUT2D eigenvalue weighted by Gasteiger charge is 2.42. The summed E-state index contributed by atoms with van der Waals surface area (Å²) in [6.45, 7) is 2.40. The zero-order chi connectivity index (χ0) is 17.3. The second kappa shape index (κ2) is 6.45. The smallest absolute Gasteiger partial charge is 0.321 e. The van der Waals surface area contributed by atoms with E-state index < -0.39 is 11.4 Å². The maximum atomic E-state index is 12.6. The third-order valence-electron chi connectivity index (χ3n) is 5.37. The Labute approximate surface area is 142 Å². The van der Waals surface area contributed by atoms with Crippen LogP contribution in [0.15, 0.2) is 6.20 Å². The van der Waals surface area contributed by atoms with Gasteiger partial charge in [0.1, 0.15) is 0 Å². The topological polar surface area (TPSA) is 87.5 Å². The van der Waals surface area contributed by atoms with E-state index in [2.05, 4.69) is 10.4 Å². The molecule has 1 atom stereocenters. The number of rotatable bonds is 3. The van der Waals surface area contributed by atoms with Crippen LogP contribution >= 0.6 is 0 Å². The van der Waals surface area contributed by atoms with Crippen molar-refractivity contribution >= 4 is 17.7 Å². The number of nitrogens with one attached hydrogen (secondary N) is 1. The van der Waals surface area contributed by atoms with Crippen molar-refractivity contribution in [1.29, 1.82) is 0 Å². The van der Waals surface area contributed by atoms with Crippen molar-refractivity contribution in [3.8, 4) is 0 Å². The molecule has 1 saturated carbocycles. The first kappa shape index (κ1) is 16.8. The van der Waals surface area contributed by atoms with E-state index >= 15 is 0 Å². The molecule has 2 aliphatic rings. The van der Waals surface area contributed by atoms with E-state index in [1.54, 1.807) is 16.5 Å². The minimum atomic E-state index is -0.849. The number of nitrogens with zero attached hydrogens (tertiary/aromatic N) is 3.